The monoisotopic (exact) mass is 288 g/mol. The number of hydrogen-bond acceptors (Lipinski definition) is 3. The van der Waals surface area contributed by atoms with Crippen LogP contribution in [0.1, 0.15) is 12.0 Å². The average molecular weight is 288 g/mol. The first kappa shape index (κ1) is 13.8. The topological polar surface area (TPSA) is 69.2 Å². The molecular formula is C16H15FNO3-. The van der Waals surface area contributed by atoms with Gasteiger partial charge < -0.3 is 15.2 Å². The molecule has 2 aliphatic carbocycles. The molecule has 3 rings (SSSR count). The first-order chi connectivity index (χ1) is 9.97. The smallest absolute Gasteiger partial charge is 0.228 e. The van der Waals surface area contributed by atoms with Crippen LogP contribution >= 0.6 is 0 Å². The van der Waals surface area contributed by atoms with E-state index < -0.39 is 23.6 Å². The van der Waals surface area contributed by atoms with Crippen LogP contribution in [0, 0.1) is 36.4 Å². The Balaban J connectivity index is 1.80. The van der Waals surface area contributed by atoms with Crippen molar-refractivity contribution in [3.63, 3.8) is 0 Å². The Kier molecular flexibility index (Phi) is 3.27. The molecule has 0 saturated heterocycles. The van der Waals surface area contributed by atoms with E-state index in [0.29, 0.717) is 17.7 Å². The maximum atomic E-state index is 13.5. The number of carboxylic acids is 1. The van der Waals surface area contributed by atoms with Crippen LogP contribution in [-0.4, -0.2) is 11.9 Å². The highest BCUT2D eigenvalue weighted by atomic mass is 19.1. The molecule has 1 aromatic carbocycles. The van der Waals surface area contributed by atoms with Crippen LogP contribution < -0.4 is 10.4 Å². The lowest BCUT2D eigenvalue weighted by Gasteiger charge is -2.27. The van der Waals surface area contributed by atoms with E-state index in [0.717, 1.165) is 0 Å². The van der Waals surface area contributed by atoms with Gasteiger partial charge in [0, 0.05) is 17.6 Å². The minimum Gasteiger partial charge on any atom is -0.550 e. The zero-order chi connectivity index (χ0) is 15.1. The first-order valence-corrected chi connectivity index (χ1v) is 6.93. The molecule has 0 aliphatic heterocycles. The summed E-state index contributed by atoms with van der Waals surface area (Å²) in [5, 5.41) is 13.9. The van der Waals surface area contributed by atoms with E-state index in [2.05, 4.69) is 5.32 Å². The number of aryl methyl sites for hydroxylation is 1. The predicted octanol–water partition coefficient (Wildman–Crippen LogP) is 1.26. The number of benzene rings is 1. The lowest BCUT2D eigenvalue weighted by atomic mass is 9.82. The van der Waals surface area contributed by atoms with Gasteiger partial charge >= 0.3 is 0 Å². The third-order valence-electron chi connectivity index (χ3n) is 4.47. The van der Waals surface area contributed by atoms with Crippen LogP contribution in [0.15, 0.2) is 30.4 Å². The molecule has 1 saturated carbocycles. The standard InChI is InChI=1S/C16H16FNO3/c1-8-2-5-11(7-12(8)17)18-15(19)13-9-3-4-10(6-9)14(13)16(20)21/h2-5,7,9-10,13-14H,6H2,1H3,(H,18,19)(H,20,21)/p-1/t9-,10-,13+,14-/m0/s1. The highest BCUT2D eigenvalue weighted by molar-refractivity contribution is 5.96. The molecule has 2 aliphatic rings. The van der Waals surface area contributed by atoms with Crippen LogP contribution in [-0.2, 0) is 9.59 Å². The van der Waals surface area contributed by atoms with Crippen LogP contribution in [0.2, 0.25) is 0 Å². The summed E-state index contributed by atoms with van der Waals surface area (Å²) in [5.41, 5.74) is 0.829. The second-order valence-electron chi connectivity index (χ2n) is 5.77. The van der Waals surface area contributed by atoms with Crippen molar-refractivity contribution in [2.75, 3.05) is 5.32 Å². The maximum Gasteiger partial charge on any atom is 0.228 e. The number of halogens is 1. The average Bonchev–Trinajstić information content (AvgIpc) is 3.03. The van der Waals surface area contributed by atoms with Gasteiger partial charge in [-0.1, -0.05) is 18.2 Å². The van der Waals surface area contributed by atoms with Crippen LogP contribution in [0.25, 0.3) is 0 Å². The molecule has 0 heterocycles. The van der Waals surface area contributed by atoms with Crippen molar-refractivity contribution in [2.45, 2.75) is 13.3 Å². The number of carbonyl (C=O) groups is 2. The molecule has 4 atom stereocenters. The van der Waals surface area contributed by atoms with Crippen LogP contribution in [0.5, 0.6) is 0 Å². The van der Waals surface area contributed by atoms with Gasteiger partial charge in [0.25, 0.3) is 0 Å². The molecule has 110 valence electrons. The fourth-order valence-electron chi connectivity index (χ4n) is 3.40. The molecular weight excluding hydrogens is 273 g/mol. The van der Waals surface area contributed by atoms with Crippen molar-refractivity contribution >= 4 is 17.6 Å². The number of carbonyl (C=O) groups excluding carboxylic acids is 2. The Morgan fingerprint density at radius 3 is 2.52 bits per heavy atom. The second kappa shape index (κ2) is 4.98. The van der Waals surface area contributed by atoms with Crippen LogP contribution in [0.3, 0.4) is 0 Å². The van der Waals surface area contributed by atoms with E-state index in [1.165, 1.54) is 6.07 Å². The number of carboxylic acid groups (broad SMARTS) is 1. The third-order valence-corrected chi connectivity index (χ3v) is 4.47. The largest absolute Gasteiger partial charge is 0.550 e. The van der Waals surface area contributed by atoms with Gasteiger partial charge in [0.05, 0.1) is 5.92 Å². The zero-order valence-electron chi connectivity index (χ0n) is 11.5. The summed E-state index contributed by atoms with van der Waals surface area (Å²) < 4.78 is 13.5. The lowest BCUT2D eigenvalue weighted by molar-refractivity contribution is -0.313. The molecule has 0 unspecified atom stereocenters. The van der Waals surface area contributed by atoms with Crippen LogP contribution in [0.4, 0.5) is 10.1 Å². The Labute approximate surface area is 121 Å². The Morgan fingerprint density at radius 1 is 1.24 bits per heavy atom. The number of nitrogens with one attached hydrogen (secondary N) is 1. The van der Waals surface area contributed by atoms with Gasteiger partial charge in [-0.05, 0) is 42.9 Å². The van der Waals surface area contributed by atoms with Crippen molar-refractivity contribution in [2.24, 2.45) is 23.7 Å². The normalized spacial score (nSPS) is 29.6. The third kappa shape index (κ3) is 2.33. The van der Waals surface area contributed by atoms with Crippen molar-refractivity contribution in [3.05, 3.63) is 41.7 Å². The molecule has 1 amide bonds. The number of fused-ring (bicyclic) bond motifs is 2. The van der Waals surface area contributed by atoms with Gasteiger partial charge in [-0.3, -0.25) is 4.79 Å². The molecule has 2 bridgehead atoms. The highest BCUT2D eigenvalue weighted by Crippen LogP contribution is 2.48. The Hall–Kier alpha value is -2.17. The first-order valence-electron chi connectivity index (χ1n) is 6.93. The fraction of sp³-hybridized carbons (Fsp3) is 0.375. The zero-order valence-corrected chi connectivity index (χ0v) is 11.5. The summed E-state index contributed by atoms with van der Waals surface area (Å²) >= 11 is 0. The molecule has 21 heavy (non-hydrogen) atoms. The fourth-order valence-corrected chi connectivity index (χ4v) is 3.40. The van der Waals surface area contributed by atoms with Gasteiger partial charge in [-0.15, -0.1) is 0 Å². The van der Waals surface area contributed by atoms with Gasteiger partial charge in [-0.2, -0.15) is 0 Å². The number of amides is 1. The van der Waals surface area contributed by atoms with E-state index in [9.17, 15) is 19.1 Å². The van der Waals surface area contributed by atoms with Gasteiger partial charge in [0.15, 0.2) is 0 Å². The summed E-state index contributed by atoms with van der Waals surface area (Å²) in [6.45, 7) is 1.63. The number of aliphatic carboxylic acids is 1. The van der Waals surface area contributed by atoms with Crippen molar-refractivity contribution in [1.29, 1.82) is 0 Å². The summed E-state index contributed by atoms with van der Waals surface area (Å²) in [6, 6.07) is 4.42. The minimum atomic E-state index is -1.19. The van der Waals surface area contributed by atoms with E-state index in [1.54, 1.807) is 19.1 Å². The van der Waals surface area contributed by atoms with Crippen molar-refractivity contribution < 1.29 is 19.1 Å². The quantitative estimate of drug-likeness (QED) is 0.851. The molecule has 0 spiro atoms. The van der Waals surface area contributed by atoms with E-state index in [4.69, 9.17) is 0 Å². The van der Waals surface area contributed by atoms with E-state index in [-0.39, 0.29) is 17.7 Å². The van der Waals surface area contributed by atoms with Crippen molar-refractivity contribution in [3.8, 4) is 0 Å². The Bertz CT molecular complexity index is 640. The molecule has 0 radical (unpaired) electrons. The van der Waals surface area contributed by atoms with Gasteiger partial charge in [0.1, 0.15) is 5.82 Å². The predicted molar refractivity (Wildman–Crippen MR) is 72.5 cm³/mol. The highest BCUT2D eigenvalue weighted by Gasteiger charge is 2.48. The molecule has 0 aromatic heterocycles. The number of rotatable bonds is 3. The minimum absolute atomic E-state index is 0.0757. The molecule has 5 heteroatoms. The summed E-state index contributed by atoms with van der Waals surface area (Å²) in [5.74, 6) is -3.63. The van der Waals surface area contributed by atoms with E-state index >= 15 is 0 Å². The molecule has 1 fully saturated rings. The molecule has 1 N–H and O–H groups in total. The number of hydrogen-bond donors (Lipinski definition) is 1. The summed E-state index contributed by atoms with van der Waals surface area (Å²) in [4.78, 5) is 23.6. The second-order valence-corrected chi connectivity index (χ2v) is 5.77. The molecule has 4 nitrogen and oxygen atoms in total. The summed E-state index contributed by atoms with van der Waals surface area (Å²) in [6.07, 6.45) is 4.41. The van der Waals surface area contributed by atoms with E-state index in [1.807, 2.05) is 12.2 Å². The SMILES string of the molecule is Cc1ccc(NC(=O)[C@H]2[C@@H](C(=O)[O-])[C@H]3C=C[C@H]2C3)cc1F. The van der Waals surface area contributed by atoms with Gasteiger partial charge in [-0.25, -0.2) is 4.39 Å². The van der Waals surface area contributed by atoms with Crippen molar-refractivity contribution in [1.82, 2.24) is 0 Å². The Morgan fingerprint density at radius 2 is 1.90 bits per heavy atom. The van der Waals surface area contributed by atoms with Gasteiger partial charge in [0.2, 0.25) is 5.91 Å². The number of allylic oxidation sites excluding steroid dienone is 2. The number of anilines is 1. The maximum absolute atomic E-state index is 13.5. The summed E-state index contributed by atoms with van der Waals surface area (Å²) in [7, 11) is 0. The molecule has 1 aromatic rings. The lowest BCUT2D eigenvalue weighted by Crippen LogP contribution is -2.42.